The Balaban J connectivity index is 1.44. The second-order valence-corrected chi connectivity index (χ2v) is 9.44. The molecule has 6 nitrogen and oxygen atoms in total. The number of carbonyl (C=O) groups is 1. The fraction of sp³-hybridized carbons (Fsp3) is 0.583. The molecule has 2 saturated heterocycles. The lowest BCUT2D eigenvalue weighted by atomic mass is 9.72. The molecule has 30 heavy (non-hydrogen) atoms. The van der Waals surface area contributed by atoms with Gasteiger partial charge in [0.1, 0.15) is 0 Å². The number of nitrogens with zero attached hydrogens (tertiary/aromatic N) is 5. The summed E-state index contributed by atoms with van der Waals surface area (Å²) in [4.78, 5) is 20.4. The highest BCUT2D eigenvalue weighted by Crippen LogP contribution is 2.45. The zero-order chi connectivity index (χ0) is 21.1. The molecule has 1 amide bonds. The van der Waals surface area contributed by atoms with Crippen LogP contribution in [-0.2, 0) is 24.9 Å². The highest BCUT2D eigenvalue weighted by Gasteiger charge is 2.49. The Bertz CT molecular complexity index is 850. The lowest BCUT2D eigenvalue weighted by Gasteiger charge is -2.35. The van der Waals surface area contributed by atoms with Gasteiger partial charge in [-0.2, -0.15) is 5.10 Å². The summed E-state index contributed by atoms with van der Waals surface area (Å²) in [5.74, 6) is 0.401. The molecule has 0 bridgehead atoms. The normalized spacial score (nSPS) is 25.5. The summed E-state index contributed by atoms with van der Waals surface area (Å²) in [6.07, 6.45) is 7.45. The van der Waals surface area contributed by atoms with Crippen molar-refractivity contribution in [2.75, 3.05) is 40.3 Å². The van der Waals surface area contributed by atoms with Gasteiger partial charge in [0.05, 0.1) is 12.1 Å². The molecule has 1 spiro atoms. The van der Waals surface area contributed by atoms with Crippen molar-refractivity contribution in [2.45, 2.75) is 32.4 Å². The quantitative estimate of drug-likeness (QED) is 0.762. The van der Waals surface area contributed by atoms with Crippen molar-refractivity contribution in [1.29, 1.82) is 0 Å². The first-order valence-electron chi connectivity index (χ1n) is 11.1. The molecular formula is C24H35N5O. The summed E-state index contributed by atoms with van der Waals surface area (Å²) in [7, 11) is 6.11. The minimum atomic E-state index is 0.0922. The average molecular weight is 410 g/mol. The minimum absolute atomic E-state index is 0.0922. The summed E-state index contributed by atoms with van der Waals surface area (Å²) in [6, 6.07) is 10.3. The van der Waals surface area contributed by atoms with Gasteiger partial charge in [0.25, 0.3) is 0 Å². The van der Waals surface area contributed by atoms with E-state index >= 15 is 0 Å². The number of hydrogen-bond acceptors (Lipinski definition) is 4. The van der Waals surface area contributed by atoms with E-state index in [2.05, 4.69) is 40.3 Å². The van der Waals surface area contributed by atoms with Crippen molar-refractivity contribution >= 4 is 5.91 Å². The van der Waals surface area contributed by atoms with Crippen LogP contribution in [0.25, 0.3) is 0 Å². The van der Waals surface area contributed by atoms with Crippen molar-refractivity contribution in [3.63, 3.8) is 0 Å². The van der Waals surface area contributed by atoms with Crippen LogP contribution in [0.2, 0.25) is 0 Å². The van der Waals surface area contributed by atoms with Gasteiger partial charge in [0.15, 0.2) is 0 Å². The molecule has 2 aliphatic heterocycles. The predicted octanol–water partition coefficient (Wildman–Crippen LogP) is 2.61. The Kier molecular flexibility index (Phi) is 6.25. The molecule has 2 fully saturated rings. The molecule has 1 aromatic carbocycles. The monoisotopic (exact) mass is 409 g/mol. The Morgan fingerprint density at radius 2 is 1.97 bits per heavy atom. The third-order valence-corrected chi connectivity index (χ3v) is 6.99. The highest BCUT2D eigenvalue weighted by atomic mass is 16.2. The van der Waals surface area contributed by atoms with Crippen LogP contribution in [-0.4, -0.2) is 70.7 Å². The number of likely N-dealkylation sites (tertiary alicyclic amines) is 2. The molecule has 2 aromatic rings. The maximum Gasteiger partial charge on any atom is 0.227 e. The van der Waals surface area contributed by atoms with Crippen molar-refractivity contribution in [2.24, 2.45) is 18.4 Å². The van der Waals surface area contributed by atoms with Crippen LogP contribution in [0.3, 0.4) is 0 Å². The van der Waals surface area contributed by atoms with Gasteiger partial charge in [0, 0.05) is 52.0 Å². The van der Waals surface area contributed by atoms with E-state index in [9.17, 15) is 4.79 Å². The maximum absolute atomic E-state index is 13.5. The lowest BCUT2D eigenvalue weighted by molar-refractivity contribution is -0.137. The third-order valence-electron chi connectivity index (χ3n) is 6.99. The molecule has 0 radical (unpaired) electrons. The van der Waals surface area contributed by atoms with Crippen molar-refractivity contribution < 1.29 is 4.79 Å². The first-order chi connectivity index (χ1) is 14.4. The number of benzene rings is 1. The van der Waals surface area contributed by atoms with Crippen molar-refractivity contribution in [1.82, 2.24) is 24.5 Å². The molecule has 2 atom stereocenters. The van der Waals surface area contributed by atoms with Crippen LogP contribution in [0, 0.1) is 11.3 Å². The molecule has 4 rings (SSSR count). The van der Waals surface area contributed by atoms with Crippen LogP contribution in [0.15, 0.2) is 42.7 Å². The van der Waals surface area contributed by atoms with E-state index in [1.807, 2.05) is 48.1 Å². The van der Waals surface area contributed by atoms with Gasteiger partial charge in [-0.3, -0.25) is 14.4 Å². The Morgan fingerprint density at radius 3 is 2.70 bits per heavy atom. The Hall–Kier alpha value is -2.18. The van der Waals surface area contributed by atoms with Crippen molar-refractivity contribution in [3.8, 4) is 0 Å². The molecule has 3 heterocycles. The zero-order valence-corrected chi connectivity index (χ0v) is 18.6. The summed E-state index contributed by atoms with van der Waals surface area (Å²) < 4.78 is 1.87. The van der Waals surface area contributed by atoms with Gasteiger partial charge in [-0.1, -0.05) is 30.3 Å². The molecule has 0 saturated carbocycles. The van der Waals surface area contributed by atoms with E-state index in [1.165, 1.54) is 11.1 Å². The summed E-state index contributed by atoms with van der Waals surface area (Å²) >= 11 is 0. The molecule has 0 aliphatic carbocycles. The molecule has 2 aliphatic rings. The average Bonchev–Trinajstić information content (AvgIpc) is 3.21. The summed E-state index contributed by atoms with van der Waals surface area (Å²) in [6.45, 7) is 5.69. The van der Waals surface area contributed by atoms with E-state index < -0.39 is 0 Å². The first kappa shape index (κ1) is 21.1. The minimum Gasteiger partial charge on any atom is -0.341 e. The van der Waals surface area contributed by atoms with Crippen LogP contribution >= 0.6 is 0 Å². The van der Waals surface area contributed by atoms with Crippen LogP contribution in [0.5, 0.6) is 0 Å². The second kappa shape index (κ2) is 8.90. The zero-order valence-electron chi connectivity index (χ0n) is 18.6. The van der Waals surface area contributed by atoms with E-state index in [1.54, 1.807) is 0 Å². The van der Waals surface area contributed by atoms with Gasteiger partial charge in [-0.25, -0.2) is 0 Å². The third kappa shape index (κ3) is 4.60. The molecule has 162 valence electrons. The molecule has 2 unspecified atom stereocenters. The standard InChI is InChI=1S/C24H35N5O/c1-26-18-22(23(30)27(2)15-20-8-5-4-6-9-20)24(19-26)10-7-12-29(13-11-24)17-21-14-25-28(3)16-21/h4-6,8-9,14,16,22H,7,10-13,15,17-19H2,1-3H3. The Labute approximate surface area is 180 Å². The van der Waals surface area contributed by atoms with E-state index in [4.69, 9.17) is 0 Å². The predicted molar refractivity (Wildman–Crippen MR) is 119 cm³/mol. The number of aryl methyl sites for hydroxylation is 1. The Morgan fingerprint density at radius 1 is 1.17 bits per heavy atom. The van der Waals surface area contributed by atoms with E-state index in [0.717, 1.165) is 52.0 Å². The lowest BCUT2D eigenvalue weighted by Crippen LogP contribution is -2.42. The van der Waals surface area contributed by atoms with Gasteiger partial charge in [-0.05, 0) is 50.4 Å². The number of hydrogen-bond donors (Lipinski definition) is 0. The fourth-order valence-electron chi connectivity index (χ4n) is 5.51. The van der Waals surface area contributed by atoms with Gasteiger partial charge in [0.2, 0.25) is 5.91 Å². The fourth-order valence-corrected chi connectivity index (χ4v) is 5.51. The molecule has 1 aromatic heterocycles. The largest absolute Gasteiger partial charge is 0.341 e. The van der Waals surface area contributed by atoms with Crippen LogP contribution < -0.4 is 0 Å². The van der Waals surface area contributed by atoms with Gasteiger partial charge in [-0.15, -0.1) is 0 Å². The molecular weight excluding hydrogens is 374 g/mol. The topological polar surface area (TPSA) is 44.6 Å². The first-order valence-corrected chi connectivity index (χ1v) is 11.1. The van der Waals surface area contributed by atoms with Gasteiger partial charge < -0.3 is 9.80 Å². The van der Waals surface area contributed by atoms with Gasteiger partial charge >= 0.3 is 0 Å². The molecule has 0 N–H and O–H groups in total. The van der Waals surface area contributed by atoms with Crippen LogP contribution in [0.4, 0.5) is 0 Å². The van der Waals surface area contributed by atoms with Crippen molar-refractivity contribution in [3.05, 3.63) is 53.9 Å². The number of aromatic nitrogens is 2. The van der Waals surface area contributed by atoms with E-state index in [0.29, 0.717) is 12.5 Å². The summed E-state index contributed by atoms with van der Waals surface area (Å²) in [5, 5.41) is 4.31. The SMILES string of the molecule is CN1CC(C(=O)N(C)Cc2ccccc2)C2(CCCN(Cc3cnn(C)c3)CC2)C1. The second-order valence-electron chi connectivity index (χ2n) is 9.44. The van der Waals surface area contributed by atoms with E-state index in [-0.39, 0.29) is 11.3 Å². The molecule has 6 heteroatoms. The number of rotatable bonds is 5. The summed E-state index contributed by atoms with van der Waals surface area (Å²) in [5.41, 5.74) is 2.56. The highest BCUT2D eigenvalue weighted by molar-refractivity contribution is 5.80. The van der Waals surface area contributed by atoms with Crippen LogP contribution in [0.1, 0.15) is 30.4 Å². The number of carbonyl (C=O) groups excluding carboxylic acids is 1. The number of amides is 1. The smallest absolute Gasteiger partial charge is 0.227 e. The maximum atomic E-state index is 13.5.